The summed E-state index contributed by atoms with van der Waals surface area (Å²) < 4.78 is 21.2. The first-order chi connectivity index (χ1) is 5.12. The Morgan fingerprint density at radius 2 is 1.17 bits per heavy atom. The molecule has 0 bridgehead atoms. The molecule has 0 atom stereocenters. The van der Waals surface area contributed by atoms with E-state index in [1.54, 1.807) is 0 Å². The first-order valence-electron chi connectivity index (χ1n) is 2.64. The van der Waals surface area contributed by atoms with Gasteiger partial charge in [0.05, 0.1) is 0 Å². The molecule has 0 amide bonds. The average molecular weight is 386 g/mol. The van der Waals surface area contributed by atoms with E-state index in [0.29, 0.717) is 0 Å². The van der Waals surface area contributed by atoms with E-state index in [1.807, 2.05) is 0 Å². The van der Waals surface area contributed by atoms with Crippen LogP contribution in [0.4, 0.5) is 0 Å². The van der Waals surface area contributed by atoms with E-state index < -0.39 is 36.1 Å². The van der Waals surface area contributed by atoms with Gasteiger partial charge in [0.15, 0.2) is 0 Å². The van der Waals surface area contributed by atoms with Gasteiger partial charge in [-0.3, -0.25) is 0 Å². The van der Waals surface area contributed by atoms with Crippen LogP contribution in [0.15, 0.2) is 0 Å². The van der Waals surface area contributed by atoms with E-state index in [-0.39, 0.29) is 0 Å². The molecular weight excluding hydrogens is 376 g/mol. The molecule has 0 aromatic heterocycles. The van der Waals surface area contributed by atoms with Crippen LogP contribution in [0.5, 0.6) is 0 Å². The van der Waals surface area contributed by atoms with Crippen molar-refractivity contribution in [3.05, 3.63) is 0 Å². The van der Waals surface area contributed by atoms with Gasteiger partial charge in [-0.15, -0.1) is 0 Å². The van der Waals surface area contributed by atoms with Crippen LogP contribution >= 0.6 is 0 Å². The Labute approximate surface area is 79.5 Å². The van der Waals surface area contributed by atoms with Crippen LogP contribution in [0.25, 0.3) is 0 Å². The second-order valence-corrected chi connectivity index (χ2v) is 7.08. The molecule has 0 aromatic carbocycles. The molecule has 0 unspecified atom stereocenters. The molecule has 0 saturated carbocycles. The number of rotatable bonds is 2. The predicted molar refractivity (Wildman–Crippen MR) is 34.6 cm³/mol. The third-order valence-electron chi connectivity index (χ3n) is 0.387. The van der Waals surface area contributed by atoms with Crippen molar-refractivity contribution >= 4 is 17.6 Å². The van der Waals surface area contributed by atoms with Gasteiger partial charge in [-0.05, 0) is 0 Å². The summed E-state index contributed by atoms with van der Waals surface area (Å²) in [7, 11) is -7.46. The molecule has 0 aliphatic heterocycles. The second-order valence-electron chi connectivity index (χ2n) is 2.04. The molecule has 0 heterocycles. The van der Waals surface area contributed by atoms with Gasteiger partial charge in [0.2, 0.25) is 0 Å². The molecule has 0 aliphatic rings. The first-order valence-corrected chi connectivity index (χ1v) is 9.64. The SMILES string of the molecule is C[Si](O)(O)O[Si](C)(O)O.[O]=[W]=[O]. The van der Waals surface area contributed by atoms with Crippen LogP contribution in [0, 0.1) is 0 Å². The van der Waals surface area contributed by atoms with Crippen molar-refractivity contribution in [1.29, 1.82) is 0 Å². The topological polar surface area (TPSA) is 124 Å². The molecule has 0 spiro atoms. The third-order valence-corrected chi connectivity index (χ3v) is 3.48. The third kappa shape index (κ3) is 22.4. The van der Waals surface area contributed by atoms with E-state index in [9.17, 15) is 0 Å². The Balaban J connectivity index is 0. The minimum atomic E-state index is -3.73. The standard InChI is InChI=1S/C2H10O5Si2.2O.W/c1-8(3,4)7-9(2,5)6;;;/h3-6H,1-2H3;;;. The number of hydrogen-bond donors (Lipinski definition) is 4. The van der Waals surface area contributed by atoms with Gasteiger partial charge < -0.3 is 23.3 Å². The fourth-order valence-corrected chi connectivity index (χ4v) is 3.30. The van der Waals surface area contributed by atoms with Crippen molar-refractivity contribution in [1.82, 2.24) is 0 Å². The molecule has 0 radical (unpaired) electrons. The minimum absolute atomic E-state index is 1.03. The summed E-state index contributed by atoms with van der Waals surface area (Å²) in [5, 5.41) is 0. The Hall–Kier alpha value is 0.522. The number of hydrogen-bond acceptors (Lipinski definition) is 7. The molecule has 0 saturated heterocycles. The van der Waals surface area contributed by atoms with Crippen LogP contribution in [0.1, 0.15) is 0 Å². The molecule has 74 valence electrons. The molecule has 0 aliphatic carbocycles. The predicted octanol–water partition coefficient (Wildman–Crippen LogP) is -2.13. The van der Waals surface area contributed by atoms with Gasteiger partial charge in [0.1, 0.15) is 0 Å². The Morgan fingerprint density at radius 1 is 1.00 bits per heavy atom. The van der Waals surface area contributed by atoms with Crippen molar-refractivity contribution in [2.75, 3.05) is 0 Å². The molecule has 0 aromatic rings. The molecule has 10 heteroatoms. The molecule has 12 heavy (non-hydrogen) atoms. The maximum atomic E-state index is 8.54. The molecule has 4 N–H and O–H groups in total. The van der Waals surface area contributed by atoms with Crippen molar-refractivity contribution in [2.45, 2.75) is 13.1 Å². The monoisotopic (exact) mass is 386 g/mol. The fourth-order valence-electron chi connectivity index (χ4n) is 0.366. The summed E-state index contributed by atoms with van der Waals surface area (Å²) in [4.78, 5) is 34.2. The molecular formula is C2H10O7Si2W. The quantitative estimate of drug-likeness (QED) is 0.400. The van der Waals surface area contributed by atoms with E-state index in [2.05, 4.69) is 4.12 Å². The summed E-state index contributed by atoms with van der Waals surface area (Å²) in [6.45, 7) is 2.06. The van der Waals surface area contributed by atoms with E-state index in [1.165, 1.54) is 0 Å². The van der Waals surface area contributed by atoms with E-state index >= 15 is 0 Å². The van der Waals surface area contributed by atoms with Gasteiger partial charge in [-0.2, -0.15) is 0 Å². The Morgan fingerprint density at radius 3 is 1.17 bits per heavy atom. The maximum absolute atomic E-state index is 8.54. The van der Waals surface area contributed by atoms with Crippen LogP contribution < -0.4 is 0 Å². The summed E-state index contributed by atoms with van der Waals surface area (Å²) in [6.07, 6.45) is 0. The zero-order valence-electron chi connectivity index (χ0n) is 6.42. The van der Waals surface area contributed by atoms with Crippen molar-refractivity contribution < 1.29 is 48.6 Å². The second kappa shape index (κ2) is 6.05. The summed E-state index contributed by atoms with van der Waals surface area (Å²) in [5.74, 6) is 0. The average Bonchev–Trinajstić information content (AvgIpc) is 1.53. The molecule has 0 fully saturated rings. The Bertz CT molecular complexity index is 140. The van der Waals surface area contributed by atoms with Crippen LogP contribution in [-0.2, 0) is 29.4 Å². The zero-order chi connectivity index (χ0) is 10.4. The fraction of sp³-hybridized carbons (Fsp3) is 1.00. The molecule has 7 nitrogen and oxygen atoms in total. The van der Waals surface area contributed by atoms with Gasteiger partial charge in [0, 0.05) is 13.1 Å². The van der Waals surface area contributed by atoms with Crippen molar-refractivity contribution in [2.24, 2.45) is 0 Å². The van der Waals surface area contributed by atoms with E-state index in [0.717, 1.165) is 13.1 Å². The van der Waals surface area contributed by atoms with Gasteiger partial charge >= 0.3 is 42.9 Å². The summed E-state index contributed by atoms with van der Waals surface area (Å²) in [5.41, 5.74) is 0. The van der Waals surface area contributed by atoms with Crippen LogP contribution in [0.3, 0.4) is 0 Å². The first kappa shape index (κ1) is 15.0. The van der Waals surface area contributed by atoms with Gasteiger partial charge in [0.25, 0.3) is 0 Å². The van der Waals surface area contributed by atoms with Gasteiger partial charge in [-0.1, -0.05) is 0 Å². The Kier molecular flexibility index (Phi) is 7.57. The normalized spacial score (nSPS) is 11.5. The zero-order valence-corrected chi connectivity index (χ0v) is 11.4. The van der Waals surface area contributed by atoms with Crippen LogP contribution in [0.2, 0.25) is 13.1 Å². The van der Waals surface area contributed by atoms with Crippen molar-refractivity contribution in [3.8, 4) is 0 Å². The molecule has 0 rings (SSSR count). The van der Waals surface area contributed by atoms with Crippen molar-refractivity contribution in [3.63, 3.8) is 0 Å². The summed E-state index contributed by atoms with van der Waals surface area (Å²) >= 11 is -2.25. The summed E-state index contributed by atoms with van der Waals surface area (Å²) in [6, 6.07) is 0. The van der Waals surface area contributed by atoms with Gasteiger partial charge in [-0.25, -0.2) is 0 Å². The van der Waals surface area contributed by atoms with Crippen LogP contribution in [-0.4, -0.2) is 36.8 Å². The van der Waals surface area contributed by atoms with E-state index in [4.69, 9.17) is 26.0 Å².